The topological polar surface area (TPSA) is 105 Å². The van der Waals surface area contributed by atoms with Crippen molar-refractivity contribution in [1.29, 1.82) is 0 Å². The summed E-state index contributed by atoms with van der Waals surface area (Å²) in [5, 5.41) is 2.57. The molecule has 1 aromatic carbocycles. The number of halogens is 1. The van der Waals surface area contributed by atoms with Crippen molar-refractivity contribution in [3.05, 3.63) is 29.6 Å². The van der Waals surface area contributed by atoms with Gasteiger partial charge in [0.25, 0.3) is 0 Å². The first-order valence-electron chi connectivity index (χ1n) is 9.85. The number of amidine groups is 1. The minimum absolute atomic E-state index is 0.0133. The molecule has 1 aromatic rings. The van der Waals surface area contributed by atoms with Crippen LogP contribution in [0, 0.1) is 12.7 Å². The first-order valence-corrected chi connectivity index (χ1v) is 12.6. The summed E-state index contributed by atoms with van der Waals surface area (Å²) in [6.07, 6.45) is -0.674. The first kappa shape index (κ1) is 23.5. The first-order chi connectivity index (χ1) is 14.3. The van der Waals surface area contributed by atoms with Crippen LogP contribution in [0.15, 0.2) is 23.2 Å². The van der Waals surface area contributed by atoms with Crippen molar-refractivity contribution in [1.82, 2.24) is 5.32 Å². The van der Waals surface area contributed by atoms with E-state index in [1.165, 1.54) is 17.8 Å². The predicted molar refractivity (Wildman–Crippen MR) is 119 cm³/mol. The molecule has 2 aliphatic rings. The van der Waals surface area contributed by atoms with Gasteiger partial charge >= 0.3 is 6.09 Å². The number of carbonyl (C=O) groups is 2. The highest BCUT2D eigenvalue weighted by molar-refractivity contribution is 8.16. The largest absolute Gasteiger partial charge is 0.444 e. The molecule has 2 amide bonds. The van der Waals surface area contributed by atoms with Gasteiger partial charge in [-0.15, -0.1) is 0 Å². The number of ether oxygens (including phenoxy) is 1. The highest BCUT2D eigenvalue weighted by atomic mass is 32.2. The lowest BCUT2D eigenvalue weighted by molar-refractivity contribution is -0.117. The van der Waals surface area contributed by atoms with E-state index in [1.54, 1.807) is 44.7 Å². The number of hydrogen-bond donors (Lipinski definition) is 1. The number of anilines is 1. The SMILES string of the molecule is Cc1ccc(N2C(=NC(=O)CCNC(=O)OC(C)(C)C)SC3CS(=O)(=O)CC32)cc1F. The van der Waals surface area contributed by atoms with Crippen LogP contribution in [0.1, 0.15) is 32.8 Å². The van der Waals surface area contributed by atoms with Gasteiger partial charge < -0.3 is 15.0 Å². The minimum Gasteiger partial charge on any atom is -0.444 e. The van der Waals surface area contributed by atoms with E-state index in [1.807, 2.05) is 0 Å². The van der Waals surface area contributed by atoms with Crippen LogP contribution in [0.25, 0.3) is 0 Å². The zero-order valence-corrected chi connectivity index (χ0v) is 19.5. The summed E-state index contributed by atoms with van der Waals surface area (Å²) >= 11 is 1.21. The summed E-state index contributed by atoms with van der Waals surface area (Å²) < 4.78 is 43.5. The number of nitrogens with one attached hydrogen (secondary N) is 1. The van der Waals surface area contributed by atoms with Gasteiger partial charge in [0.05, 0.1) is 17.5 Å². The Hall–Kier alpha value is -2.14. The molecular weight excluding hydrogens is 445 g/mol. The molecule has 11 heteroatoms. The number of benzene rings is 1. The third kappa shape index (κ3) is 5.97. The number of carbonyl (C=O) groups excluding carboxylic acids is 2. The molecule has 0 spiro atoms. The van der Waals surface area contributed by atoms with E-state index in [0.717, 1.165) is 0 Å². The maximum absolute atomic E-state index is 14.2. The molecule has 170 valence electrons. The summed E-state index contributed by atoms with van der Waals surface area (Å²) in [6.45, 7) is 6.90. The van der Waals surface area contributed by atoms with Crippen LogP contribution in [0.4, 0.5) is 14.9 Å². The predicted octanol–water partition coefficient (Wildman–Crippen LogP) is 2.65. The van der Waals surface area contributed by atoms with Crippen LogP contribution in [0.2, 0.25) is 0 Å². The molecule has 0 radical (unpaired) electrons. The lowest BCUT2D eigenvalue weighted by Gasteiger charge is -2.24. The highest BCUT2D eigenvalue weighted by Gasteiger charge is 2.49. The fraction of sp³-hybridized carbons (Fsp3) is 0.550. The normalized spacial score (nSPS) is 23.6. The fourth-order valence-corrected chi connectivity index (χ4v) is 7.28. The number of aliphatic imine (C=N–C) groups is 1. The van der Waals surface area contributed by atoms with Crippen molar-refractivity contribution in [2.75, 3.05) is 23.0 Å². The number of thioether (sulfide) groups is 1. The molecule has 2 unspecified atom stereocenters. The molecular formula is C20H26FN3O5S2. The number of hydrogen-bond acceptors (Lipinski definition) is 6. The van der Waals surface area contributed by atoms with Crippen LogP contribution in [0.3, 0.4) is 0 Å². The van der Waals surface area contributed by atoms with Crippen molar-refractivity contribution in [2.24, 2.45) is 4.99 Å². The van der Waals surface area contributed by atoms with Gasteiger partial charge in [0.1, 0.15) is 11.4 Å². The van der Waals surface area contributed by atoms with E-state index in [9.17, 15) is 22.4 Å². The van der Waals surface area contributed by atoms with Gasteiger partial charge in [0.2, 0.25) is 5.91 Å². The Labute approximate surface area is 185 Å². The van der Waals surface area contributed by atoms with Gasteiger partial charge in [-0.05, 0) is 45.4 Å². The zero-order valence-electron chi connectivity index (χ0n) is 17.8. The quantitative estimate of drug-likeness (QED) is 0.720. The van der Waals surface area contributed by atoms with Gasteiger partial charge in [0, 0.05) is 23.9 Å². The molecule has 1 N–H and O–H groups in total. The van der Waals surface area contributed by atoms with Gasteiger partial charge in [-0.1, -0.05) is 17.8 Å². The molecule has 0 aliphatic carbocycles. The summed E-state index contributed by atoms with van der Waals surface area (Å²) in [4.78, 5) is 29.9. The number of fused-ring (bicyclic) bond motifs is 1. The summed E-state index contributed by atoms with van der Waals surface area (Å²) in [7, 11) is -3.21. The van der Waals surface area contributed by atoms with Crippen molar-refractivity contribution in [2.45, 2.75) is 51.0 Å². The van der Waals surface area contributed by atoms with Crippen molar-refractivity contribution >= 4 is 44.5 Å². The zero-order chi connectivity index (χ0) is 23.0. The van der Waals surface area contributed by atoms with Crippen molar-refractivity contribution in [3.8, 4) is 0 Å². The lowest BCUT2D eigenvalue weighted by Crippen LogP contribution is -2.38. The molecule has 2 atom stereocenters. The number of alkyl carbamates (subject to hydrolysis) is 1. The van der Waals surface area contributed by atoms with Crippen LogP contribution in [-0.4, -0.2) is 60.5 Å². The Morgan fingerprint density at radius 3 is 2.68 bits per heavy atom. The van der Waals surface area contributed by atoms with E-state index < -0.39 is 39.3 Å². The molecule has 2 heterocycles. The molecule has 0 saturated carbocycles. The van der Waals surface area contributed by atoms with Gasteiger partial charge in [-0.2, -0.15) is 4.99 Å². The molecule has 3 rings (SSSR count). The average molecular weight is 472 g/mol. The standard InChI is InChI=1S/C20H26FN3O5S2/c1-12-5-6-13(9-14(12)21)24-15-10-31(27,28)11-16(15)30-18(24)23-17(25)7-8-22-19(26)29-20(2,3)4/h5-6,9,15-16H,7-8,10-11H2,1-4H3,(H,22,26). The summed E-state index contributed by atoms with van der Waals surface area (Å²) in [6, 6.07) is 4.21. The third-order valence-electron chi connectivity index (χ3n) is 4.73. The number of amides is 2. The fourth-order valence-electron chi connectivity index (χ4n) is 3.35. The smallest absolute Gasteiger partial charge is 0.407 e. The second-order valence-corrected chi connectivity index (χ2v) is 11.9. The van der Waals surface area contributed by atoms with Crippen LogP contribution in [0.5, 0.6) is 0 Å². The molecule has 0 aromatic heterocycles. The molecule has 2 aliphatic heterocycles. The average Bonchev–Trinajstić information content (AvgIpc) is 3.06. The highest BCUT2D eigenvalue weighted by Crippen LogP contribution is 2.41. The minimum atomic E-state index is -3.21. The van der Waals surface area contributed by atoms with E-state index >= 15 is 0 Å². The van der Waals surface area contributed by atoms with E-state index in [-0.39, 0.29) is 29.7 Å². The molecule has 31 heavy (non-hydrogen) atoms. The van der Waals surface area contributed by atoms with Gasteiger partial charge in [0.15, 0.2) is 15.0 Å². The Bertz CT molecular complexity index is 1020. The molecule has 2 saturated heterocycles. The lowest BCUT2D eigenvalue weighted by atomic mass is 10.1. The third-order valence-corrected chi connectivity index (χ3v) is 7.94. The second-order valence-electron chi connectivity index (χ2n) is 8.57. The maximum Gasteiger partial charge on any atom is 0.407 e. The number of aryl methyl sites for hydroxylation is 1. The second kappa shape index (κ2) is 8.78. The van der Waals surface area contributed by atoms with Gasteiger partial charge in [-0.25, -0.2) is 17.6 Å². The van der Waals surface area contributed by atoms with E-state index in [0.29, 0.717) is 16.4 Å². The molecule has 8 nitrogen and oxygen atoms in total. The summed E-state index contributed by atoms with van der Waals surface area (Å²) in [5.41, 5.74) is 0.282. The Morgan fingerprint density at radius 1 is 1.32 bits per heavy atom. The maximum atomic E-state index is 14.2. The van der Waals surface area contributed by atoms with Gasteiger partial charge in [-0.3, -0.25) is 4.79 Å². The molecule has 2 fully saturated rings. The Morgan fingerprint density at radius 2 is 2.03 bits per heavy atom. The number of sulfone groups is 1. The van der Waals surface area contributed by atoms with Crippen molar-refractivity contribution in [3.63, 3.8) is 0 Å². The van der Waals surface area contributed by atoms with E-state index in [2.05, 4.69) is 10.3 Å². The Kier molecular flexibility index (Phi) is 6.66. The van der Waals surface area contributed by atoms with E-state index in [4.69, 9.17) is 4.74 Å². The number of rotatable bonds is 4. The Balaban J connectivity index is 1.74. The van der Waals surface area contributed by atoms with Crippen LogP contribution in [-0.2, 0) is 19.4 Å². The monoisotopic (exact) mass is 471 g/mol. The van der Waals surface area contributed by atoms with Crippen molar-refractivity contribution < 1.29 is 27.1 Å². The number of nitrogens with zero attached hydrogens (tertiary/aromatic N) is 2. The molecule has 0 bridgehead atoms. The van der Waals surface area contributed by atoms with Crippen LogP contribution < -0.4 is 10.2 Å². The summed E-state index contributed by atoms with van der Waals surface area (Å²) in [5.74, 6) is -0.980. The van der Waals surface area contributed by atoms with Crippen LogP contribution >= 0.6 is 11.8 Å².